The molecule has 2 heteroatoms. The number of nitrogens with zero attached hydrogens (tertiary/aromatic N) is 1. The van der Waals surface area contributed by atoms with Crippen LogP contribution in [0, 0.1) is 0 Å². The van der Waals surface area contributed by atoms with E-state index in [4.69, 9.17) is 4.74 Å². The third kappa shape index (κ3) is 0.996. The molecule has 0 unspecified atom stereocenters. The molecule has 1 rings (SSSR count). The van der Waals surface area contributed by atoms with Crippen LogP contribution in [-0.2, 0) is 4.74 Å². The number of ether oxygens (including phenoxy) is 1. The van der Waals surface area contributed by atoms with Crippen LogP contribution in [0.5, 0.6) is 0 Å². The molecule has 0 aliphatic carbocycles. The molecule has 0 N–H and O–H groups in total. The van der Waals surface area contributed by atoms with Crippen LogP contribution < -0.4 is 0 Å². The molecule has 0 spiro atoms. The van der Waals surface area contributed by atoms with Gasteiger partial charge in [0.1, 0.15) is 0 Å². The highest BCUT2D eigenvalue weighted by Crippen LogP contribution is 2.09. The molecule has 1 atom stereocenters. The summed E-state index contributed by atoms with van der Waals surface area (Å²) in [5, 5.41) is 0. The van der Waals surface area contributed by atoms with Crippen LogP contribution in [0.4, 0.5) is 0 Å². The molecule has 1 saturated heterocycles. The standard InChI is InChI=1S/C5H9NO/c1-6-4-5-2-3-7-5/h5H,1-4H2/t5-/m0/s1. The Morgan fingerprint density at radius 3 is 2.71 bits per heavy atom. The summed E-state index contributed by atoms with van der Waals surface area (Å²) in [5.74, 6) is 0. The SMILES string of the molecule is C=NC[C@@H]1CCO1. The lowest BCUT2D eigenvalue weighted by molar-refractivity contribution is -0.0431. The van der Waals surface area contributed by atoms with E-state index < -0.39 is 0 Å². The molecule has 0 radical (unpaired) electrons. The molecule has 0 saturated carbocycles. The van der Waals surface area contributed by atoms with E-state index >= 15 is 0 Å². The molecule has 0 amide bonds. The number of aliphatic imine (C=N–C) groups is 1. The summed E-state index contributed by atoms with van der Waals surface area (Å²) >= 11 is 0. The maximum atomic E-state index is 5.04. The Kier molecular flexibility index (Phi) is 1.42. The van der Waals surface area contributed by atoms with Gasteiger partial charge in [-0.3, -0.25) is 4.99 Å². The van der Waals surface area contributed by atoms with Crippen molar-refractivity contribution in [3.63, 3.8) is 0 Å². The second-order valence-electron chi connectivity index (χ2n) is 1.69. The first-order valence-electron chi connectivity index (χ1n) is 2.47. The Morgan fingerprint density at radius 1 is 1.86 bits per heavy atom. The first kappa shape index (κ1) is 4.78. The third-order valence-corrected chi connectivity index (χ3v) is 1.13. The van der Waals surface area contributed by atoms with Crippen molar-refractivity contribution in [1.29, 1.82) is 0 Å². The normalized spacial score (nSPS) is 28.9. The van der Waals surface area contributed by atoms with E-state index in [-0.39, 0.29) is 0 Å². The van der Waals surface area contributed by atoms with Crippen molar-refractivity contribution in [2.45, 2.75) is 12.5 Å². The van der Waals surface area contributed by atoms with E-state index in [0.717, 1.165) is 13.2 Å². The van der Waals surface area contributed by atoms with Crippen LogP contribution in [0.15, 0.2) is 4.99 Å². The van der Waals surface area contributed by atoms with Crippen LogP contribution in [-0.4, -0.2) is 26.0 Å². The molecule has 1 heterocycles. The minimum atomic E-state index is 0.400. The summed E-state index contributed by atoms with van der Waals surface area (Å²) in [4.78, 5) is 3.68. The minimum absolute atomic E-state index is 0.400. The molecule has 1 aliphatic heterocycles. The zero-order chi connectivity index (χ0) is 5.11. The fourth-order valence-electron chi connectivity index (χ4n) is 0.573. The van der Waals surface area contributed by atoms with Crippen molar-refractivity contribution in [2.24, 2.45) is 4.99 Å². The second kappa shape index (κ2) is 2.07. The summed E-state index contributed by atoms with van der Waals surface area (Å²) < 4.78 is 5.04. The van der Waals surface area contributed by atoms with Gasteiger partial charge in [0.25, 0.3) is 0 Å². The van der Waals surface area contributed by atoms with Crippen molar-refractivity contribution >= 4 is 6.72 Å². The van der Waals surface area contributed by atoms with E-state index in [9.17, 15) is 0 Å². The van der Waals surface area contributed by atoms with Crippen LogP contribution in [0.25, 0.3) is 0 Å². The molecule has 7 heavy (non-hydrogen) atoms. The van der Waals surface area contributed by atoms with Gasteiger partial charge in [0, 0.05) is 6.61 Å². The molecule has 40 valence electrons. The molecule has 1 aliphatic rings. The Bertz CT molecular complexity index is 68.5. The lowest BCUT2D eigenvalue weighted by atomic mass is 10.2. The molecule has 0 aromatic carbocycles. The third-order valence-electron chi connectivity index (χ3n) is 1.13. The number of rotatable bonds is 2. The van der Waals surface area contributed by atoms with Crippen LogP contribution in [0.2, 0.25) is 0 Å². The van der Waals surface area contributed by atoms with E-state index in [1.54, 1.807) is 0 Å². The van der Waals surface area contributed by atoms with Crippen molar-refractivity contribution in [3.8, 4) is 0 Å². The van der Waals surface area contributed by atoms with Crippen LogP contribution >= 0.6 is 0 Å². The Balaban J connectivity index is 2.03. The maximum Gasteiger partial charge on any atom is 0.0791 e. The van der Waals surface area contributed by atoms with Crippen molar-refractivity contribution in [2.75, 3.05) is 13.2 Å². The summed E-state index contributed by atoms with van der Waals surface area (Å²) in [6.45, 7) is 5.05. The van der Waals surface area contributed by atoms with E-state index in [0.29, 0.717) is 6.10 Å². The van der Waals surface area contributed by atoms with Crippen molar-refractivity contribution < 1.29 is 4.74 Å². The fourth-order valence-corrected chi connectivity index (χ4v) is 0.573. The Hall–Kier alpha value is -0.370. The van der Waals surface area contributed by atoms with Gasteiger partial charge >= 0.3 is 0 Å². The quantitative estimate of drug-likeness (QED) is 0.461. The Morgan fingerprint density at radius 2 is 2.57 bits per heavy atom. The van der Waals surface area contributed by atoms with Gasteiger partial charge in [0.15, 0.2) is 0 Å². The lowest BCUT2D eigenvalue weighted by Gasteiger charge is -2.23. The molecule has 0 aromatic rings. The maximum absolute atomic E-state index is 5.04. The van der Waals surface area contributed by atoms with Gasteiger partial charge in [-0.2, -0.15) is 0 Å². The highest BCUT2D eigenvalue weighted by molar-refractivity contribution is 5.23. The smallest absolute Gasteiger partial charge is 0.0791 e. The predicted molar refractivity (Wildman–Crippen MR) is 28.8 cm³/mol. The van der Waals surface area contributed by atoms with Gasteiger partial charge in [-0.25, -0.2) is 0 Å². The van der Waals surface area contributed by atoms with Crippen LogP contribution in [0.3, 0.4) is 0 Å². The summed E-state index contributed by atoms with van der Waals surface area (Å²) in [6, 6.07) is 0. The predicted octanol–water partition coefficient (Wildman–Crippen LogP) is 0.476. The molecule has 1 fully saturated rings. The monoisotopic (exact) mass is 99.1 g/mol. The van der Waals surface area contributed by atoms with Crippen molar-refractivity contribution in [3.05, 3.63) is 0 Å². The van der Waals surface area contributed by atoms with Crippen LogP contribution in [0.1, 0.15) is 6.42 Å². The Labute approximate surface area is 43.2 Å². The fraction of sp³-hybridized carbons (Fsp3) is 0.800. The van der Waals surface area contributed by atoms with E-state index in [1.165, 1.54) is 6.42 Å². The van der Waals surface area contributed by atoms with Gasteiger partial charge in [-0.1, -0.05) is 0 Å². The average molecular weight is 99.1 g/mol. The van der Waals surface area contributed by atoms with Gasteiger partial charge in [-0.05, 0) is 13.1 Å². The topological polar surface area (TPSA) is 21.6 Å². The molecule has 2 nitrogen and oxygen atoms in total. The largest absolute Gasteiger partial charge is 0.376 e. The number of hydrogen-bond acceptors (Lipinski definition) is 2. The second-order valence-corrected chi connectivity index (χ2v) is 1.69. The zero-order valence-electron chi connectivity index (χ0n) is 4.26. The molecule has 0 aromatic heterocycles. The van der Waals surface area contributed by atoms with E-state index in [1.807, 2.05) is 0 Å². The zero-order valence-corrected chi connectivity index (χ0v) is 4.26. The number of hydrogen-bond donors (Lipinski definition) is 0. The summed E-state index contributed by atoms with van der Waals surface area (Å²) in [7, 11) is 0. The lowest BCUT2D eigenvalue weighted by Crippen LogP contribution is -2.29. The van der Waals surface area contributed by atoms with Gasteiger partial charge < -0.3 is 4.74 Å². The molecular weight excluding hydrogens is 90.1 g/mol. The molecular formula is C5H9NO. The first-order valence-corrected chi connectivity index (χ1v) is 2.47. The highest BCUT2D eigenvalue weighted by Gasteiger charge is 2.15. The van der Waals surface area contributed by atoms with Gasteiger partial charge in [0.2, 0.25) is 0 Å². The summed E-state index contributed by atoms with van der Waals surface area (Å²) in [6.07, 6.45) is 1.57. The first-order chi connectivity index (χ1) is 3.43. The minimum Gasteiger partial charge on any atom is -0.376 e. The van der Waals surface area contributed by atoms with Crippen molar-refractivity contribution in [1.82, 2.24) is 0 Å². The van der Waals surface area contributed by atoms with E-state index in [2.05, 4.69) is 11.7 Å². The average Bonchev–Trinajstić information content (AvgIpc) is 1.55. The van der Waals surface area contributed by atoms with Gasteiger partial charge in [-0.15, -0.1) is 0 Å². The highest BCUT2D eigenvalue weighted by atomic mass is 16.5. The summed E-state index contributed by atoms with van der Waals surface area (Å²) in [5.41, 5.74) is 0. The van der Waals surface area contributed by atoms with Gasteiger partial charge in [0.05, 0.1) is 12.6 Å². The molecule has 0 bridgehead atoms.